The van der Waals surface area contributed by atoms with Gasteiger partial charge < -0.3 is 20.3 Å². The second-order valence-corrected chi connectivity index (χ2v) is 8.69. The zero-order valence-corrected chi connectivity index (χ0v) is 18.2. The molecule has 0 saturated carbocycles. The minimum Gasteiger partial charge on any atom is -0.507 e. The summed E-state index contributed by atoms with van der Waals surface area (Å²) in [5.41, 5.74) is 1.44. The van der Waals surface area contributed by atoms with Gasteiger partial charge >= 0.3 is 11.9 Å². The fraction of sp³-hybridized carbons (Fsp3) is 0.0909. The number of carbonyl (C=O) groups excluding carboxylic acids is 1. The number of carboxylic acids is 1. The van der Waals surface area contributed by atoms with Gasteiger partial charge in [-0.05, 0) is 73.5 Å². The van der Waals surface area contributed by atoms with Crippen molar-refractivity contribution in [3.8, 4) is 17.2 Å². The Morgan fingerprint density at radius 1 is 0.939 bits per heavy atom. The SMILES string of the molecule is Cc1cc(NC(=O)C(=O)O)cc(C)c1Oc1ccc(O)c(S(=O)(=O)Nc2ccc(F)cc2)c1. The number of nitrogens with one attached hydrogen (secondary N) is 2. The average molecular weight is 474 g/mol. The lowest BCUT2D eigenvalue weighted by molar-refractivity contribution is -0.147. The third kappa shape index (κ3) is 5.57. The molecule has 33 heavy (non-hydrogen) atoms. The molecule has 11 heteroatoms. The van der Waals surface area contributed by atoms with Gasteiger partial charge in [0.2, 0.25) is 0 Å². The number of sulfonamides is 1. The number of aryl methyl sites for hydroxylation is 2. The molecule has 0 aliphatic carbocycles. The zero-order valence-electron chi connectivity index (χ0n) is 17.4. The van der Waals surface area contributed by atoms with E-state index in [0.29, 0.717) is 16.9 Å². The highest BCUT2D eigenvalue weighted by molar-refractivity contribution is 7.92. The lowest BCUT2D eigenvalue weighted by atomic mass is 10.1. The standard InChI is InChI=1S/C22H19FN2O7S/c1-12-9-16(24-21(27)22(28)29)10-13(2)20(12)32-17-7-8-18(26)19(11-17)33(30,31)25-15-5-3-14(23)4-6-15/h3-11,25-26H,1-2H3,(H,24,27)(H,28,29). The number of amides is 1. The van der Waals surface area contributed by atoms with E-state index in [9.17, 15) is 27.5 Å². The number of phenolic OH excluding ortho intramolecular Hbond substituents is 1. The molecule has 0 aliphatic heterocycles. The van der Waals surface area contributed by atoms with Gasteiger partial charge in [0, 0.05) is 17.4 Å². The summed E-state index contributed by atoms with van der Waals surface area (Å²) in [6, 6.07) is 11.3. The van der Waals surface area contributed by atoms with Crippen LogP contribution in [-0.4, -0.2) is 30.5 Å². The molecule has 4 N–H and O–H groups in total. The molecular weight excluding hydrogens is 455 g/mol. The first kappa shape index (κ1) is 23.5. The van der Waals surface area contributed by atoms with Crippen LogP contribution < -0.4 is 14.8 Å². The molecular formula is C22H19FN2O7S. The molecule has 3 aromatic carbocycles. The van der Waals surface area contributed by atoms with Crippen molar-refractivity contribution in [1.29, 1.82) is 0 Å². The van der Waals surface area contributed by atoms with E-state index in [0.717, 1.165) is 24.3 Å². The fourth-order valence-electron chi connectivity index (χ4n) is 2.99. The molecule has 0 heterocycles. The van der Waals surface area contributed by atoms with Crippen LogP contribution in [0.15, 0.2) is 59.5 Å². The molecule has 0 aliphatic rings. The molecule has 0 atom stereocenters. The number of phenols is 1. The quantitative estimate of drug-likeness (QED) is 0.399. The molecule has 172 valence electrons. The van der Waals surface area contributed by atoms with Crippen molar-refractivity contribution < 1.29 is 37.3 Å². The van der Waals surface area contributed by atoms with Crippen molar-refractivity contribution in [1.82, 2.24) is 0 Å². The van der Waals surface area contributed by atoms with Crippen LogP contribution >= 0.6 is 0 Å². The van der Waals surface area contributed by atoms with Gasteiger partial charge in [-0.3, -0.25) is 9.52 Å². The monoisotopic (exact) mass is 474 g/mol. The summed E-state index contributed by atoms with van der Waals surface area (Å²) >= 11 is 0. The number of anilines is 2. The molecule has 9 nitrogen and oxygen atoms in total. The summed E-state index contributed by atoms with van der Waals surface area (Å²) in [5, 5.41) is 21.1. The molecule has 0 fully saturated rings. The van der Waals surface area contributed by atoms with Gasteiger partial charge in [-0.2, -0.15) is 0 Å². The summed E-state index contributed by atoms with van der Waals surface area (Å²) in [6.45, 7) is 3.32. The van der Waals surface area contributed by atoms with E-state index in [1.165, 1.54) is 30.3 Å². The Morgan fingerprint density at radius 2 is 1.55 bits per heavy atom. The summed E-state index contributed by atoms with van der Waals surface area (Å²) in [7, 11) is -4.23. The Hall–Kier alpha value is -4.12. The molecule has 0 bridgehead atoms. The first-order valence-electron chi connectivity index (χ1n) is 9.41. The van der Waals surface area contributed by atoms with E-state index in [1.807, 2.05) is 0 Å². The summed E-state index contributed by atoms with van der Waals surface area (Å²) in [5.74, 6) is -3.42. The van der Waals surface area contributed by atoms with Gasteiger partial charge in [0.05, 0.1) is 0 Å². The Bertz CT molecular complexity index is 1320. The maximum atomic E-state index is 13.1. The normalized spacial score (nSPS) is 11.0. The highest BCUT2D eigenvalue weighted by Crippen LogP contribution is 2.35. The highest BCUT2D eigenvalue weighted by Gasteiger charge is 2.21. The molecule has 1 amide bonds. The van der Waals surface area contributed by atoms with Gasteiger partial charge in [0.15, 0.2) is 0 Å². The van der Waals surface area contributed by atoms with Crippen LogP contribution in [0, 0.1) is 19.7 Å². The fourth-order valence-corrected chi connectivity index (χ4v) is 4.16. The summed E-state index contributed by atoms with van der Waals surface area (Å²) < 4.78 is 46.6. The lowest BCUT2D eigenvalue weighted by Crippen LogP contribution is -2.21. The first-order valence-corrected chi connectivity index (χ1v) is 10.9. The third-order valence-electron chi connectivity index (χ3n) is 4.45. The number of ether oxygens (including phenoxy) is 1. The molecule has 0 spiro atoms. The number of benzene rings is 3. The maximum absolute atomic E-state index is 13.1. The molecule has 3 rings (SSSR count). The van der Waals surface area contributed by atoms with Gasteiger partial charge in [0.1, 0.15) is 28.0 Å². The number of carboxylic acid groups (broad SMARTS) is 1. The predicted molar refractivity (Wildman–Crippen MR) is 118 cm³/mol. The number of carbonyl (C=O) groups is 2. The Balaban J connectivity index is 1.88. The predicted octanol–water partition coefficient (Wildman–Crippen LogP) is 3.76. The number of aromatic hydroxyl groups is 1. The lowest BCUT2D eigenvalue weighted by Gasteiger charge is -2.15. The van der Waals surface area contributed by atoms with E-state index in [-0.39, 0.29) is 17.1 Å². The molecule has 0 saturated heterocycles. The van der Waals surface area contributed by atoms with Crippen LogP contribution in [0.1, 0.15) is 11.1 Å². The Labute approximate surface area is 188 Å². The van der Waals surface area contributed by atoms with Crippen LogP contribution in [-0.2, 0) is 19.6 Å². The van der Waals surface area contributed by atoms with Crippen molar-refractivity contribution in [2.75, 3.05) is 10.0 Å². The van der Waals surface area contributed by atoms with Crippen molar-refractivity contribution in [3.63, 3.8) is 0 Å². The average Bonchev–Trinajstić information content (AvgIpc) is 2.73. The van der Waals surface area contributed by atoms with Gasteiger partial charge in [-0.25, -0.2) is 17.6 Å². The highest BCUT2D eigenvalue weighted by atomic mass is 32.2. The first-order chi connectivity index (χ1) is 15.5. The largest absolute Gasteiger partial charge is 0.507 e. The Morgan fingerprint density at radius 3 is 2.12 bits per heavy atom. The smallest absolute Gasteiger partial charge is 0.394 e. The third-order valence-corrected chi connectivity index (χ3v) is 5.86. The van der Waals surface area contributed by atoms with E-state index < -0.39 is 38.4 Å². The van der Waals surface area contributed by atoms with Crippen LogP contribution in [0.3, 0.4) is 0 Å². The Kier molecular flexibility index (Phi) is 6.54. The number of rotatable bonds is 6. The van der Waals surface area contributed by atoms with E-state index in [4.69, 9.17) is 9.84 Å². The number of hydrogen-bond acceptors (Lipinski definition) is 6. The molecule has 0 radical (unpaired) electrons. The number of halogens is 1. The van der Waals surface area contributed by atoms with Crippen LogP contribution in [0.25, 0.3) is 0 Å². The molecule has 3 aromatic rings. The van der Waals surface area contributed by atoms with E-state index in [2.05, 4.69) is 10.0 Å². The van der Waals surface area contributed by atoms with Crippen LogP contribution in [0.5, 0.6) is 17.2 Å². The van der Waals surface area contributed by atoms with E-state index >= 15 is 0 Å². The topological polar surface area (TPSA) is 142 Å². The van der Waals surface area contributed by atoms with Crippen LogP contribution in [0.4, 0.5) is 15.8 Å². The molecule has 0 unspecified atom stereocenters. The second-order valence-electron chi connectivity index (χ2n) is 7.04. The van der Waals surface area contributed by atoms with Gasteiger partial charge in [0.25, 0.3) is 10.0 Å². The summed E-state index contributed by atoms with van der Waals surface area (Å²) in [6.07, 6.45) is 0. The number of aliphatic carboxylic acids is 1. The van der Waals surface area contributed by atoms with Crippen molar-refractivity contribution in [2.45, 2.75) is 18.7 Å². The zero-order chi connectivity index (χ0) is 24.3. The second kappa shape index (κ2) is 9.17. The number of hydrogen-bond donors (Lipinski definition) is 4. The van der Waals surface area contributed by atoms with Gasteiger partial charge in [-0.15, -0.1) is 0 Å². The van der Waals surface area contributed by atoms with Crippen LogP contribution in [0.2, 0.25) is 0 Å². The maximum Gasteiger partial charge on any atom is 0.394 e. The van der Waals surface area contributed by atoms with Crippen molar-refractivity contribution in [3.05, 3.63) is 71.5 Å². The van der Waals surface area contributed by atoms with Crippen molar-refractivity contribution in [2.24, 2.45) is 0 Å². The van der Waals surface area contributed by atoms with Gasteiger partial charge in [-0.1, -0.05) is 0 Å². The minimum absolute atomic E-state index is 0.0980. The van der Waals surface area contributed by atoms with Crippen molar-refractivity contribution >= 4 is 33.3 Å². The summed E-state index contributed by atoms with van der Waals surface area (Å²) in [4.78, 5) is 21.6. The minimum atomic E-state index is -4.23. The van der Waals surface area contributed by atoms with E-state index in [1.54, 1.807) is 13.8 Å². The molecule has 0 aromatic heterocycles.